The molecule has 1 saturated heterocycles. The van der Waals surface area contributed by atoms with E-state index in [1.165, 1.54) is 10.9 Å². The van der Waals surface area contributed by atoms with Gasteiger partial charge in [-0.2, -0.15) is 0 Å². The number of anilines is 1. The number of aromatic nitrogens is 2. The third-order valence-corrected chi connectivity index (χ3v) is 2.97. The molecule has 7 nitrogen and oxygen atoms in total. The number of β-amino-alcohol motifs (C(OH)–C–C–N with tert-alkyl or cyclic N) is 1. The fraction of sp³-hybridized carbons (Fsp3) is 0.700. The lowest BCUT2D eigenvalue weighted by Crippen LogP contribution is -2.62. The van der Waals surface area contributed by atoms with Crippen molar-refractivity contribution in [3.63, 3.8) is 0 Å². The van der Waals surface area contributed by atoms with Crippen molar-refractivity contribution < 1.29 is 10.0 Å². The second kappa shape index (κ2) is 3.99. The van der Waals surface area contributed by atoms with Gasteiger partial charge in [0.2, 0.25) is 5.82 Å². The molecule has 1 fully saturated rings. The second-order valence-electron chi connectivity index (χ2n) is 4.60. The van der Waals surface area contributed by atoms with Crippen molar-refractivity contribution in [2.45, 2.75) is 25.4 Å². The lowest BCUT2D eigenvalue weighted by atomic mass is 9.89. The highest BCUT2D eigenvalue weighted by atomic mass is 16.6. The molecule has 0 spiro atoms. The van der Waals surface area contributed by atoms with Gasteiger partial charge in [-0.05, 0) is 6.42 Å². The predicted molar refractivity (Wildman–Crippen MR) is 61.9 cm³/mol. The third-order valence-electron chi connectivity index (χ3n) is 2.97. The molecule has 0 saturated carbocycles. The molecule has 0 unspecified atom stereocenters. The maximum absolute atomic E-state index is 10.8. The van der Waals surface area contributed by atoms with E-state index in [4.69, 9.17) is 0 Å². The average molecular weight is 240 g/mol. The van der Waals surface area contributed by atoms with Crippen LogP contribution in [0.4, 0.5) is 11.5 Å². The van der Waals surface area contributed by atoms with Gasteiger partial charge in [-0.3, -0.25) is 14.8 Å². The van der Waals surface area contributed by atoms with E-state index in [1.807, 2.05) is 6.92 Å². The molecular weight excluding hydrogens is 224 g/mol. The number of hydrogen-bond acceptors (Lipinski definition) is 5. The first-order valence-electron chi connectivity index (χ1n) is 5.60. The SMILES string of the molecule is CCCC1(O)CN(c2nn(C)cc2[N+](=O)[O-])C1. The number of aryl methyl sites for hydroxylation is 1. The molecule has 94 valence electrons. The summed E-state index contributed by atoms with van der Waals surface area (Å²) >= 11 is 0. The number of aliphatic hydroxyl groups is 1. The minimum absolute atomic E-state index is 0.00829. The number of nitro groups is 1. The van der Waals surface area contributed by atoms with E-state index in [0.29, 0.717) is 25.3 Å². The molecule has 0 aromatic carbocycles. The van der Waals surface area contributed by atoms with Crippen LogP contribution in [0.3, 0.4) is 0 Å². The zero-order chi connectivity index (χ0) is 12.6. The Kier molecular flexibility index (Phi) is 2.78. The number of nitrogens with zero attached hydrogens (tertiary/aromatic N) is 4. The standard InChI is InChI=1S/C10H16N4O3/c1-3-4-10(15)6-13(7-10)9-8(14(16)17)5-12(2)11-9/h5,15H,3-4,6-7H2,1-2H3. The van der Waals surface area contributed by atoms with E-state index in [0.717, 1.165) is 6.42 Å². The van der Waals surface area contributed by atoms with Gasteiger partial charge < -0.3 is 10.0 Å². The van der Waals surface area contributed by atoms with Crippen LogP contribution < -0.4 is 4.90 Å². The highest BCUT2D eigenvalue weighted by Crippen LogP contribution is 2.34. The summed E-state index contributed by atoms with van der Waals surface area (Å²) in [5.74, 6) is 0.346. The maximum Gasteiger partial charge on any atom is 0.330 e. The summed E-state index contributed by atoms with van der Waals surface area (Å²) in [4.78, 5) is 12.1. The molecule has 0 bridgehead atoms. The summed E-state index contributed by atoms with van der Waals surface area (Å²) < 4.78 is 1.42. The Morgan fingerprint density at radius 3 is 2.82 bits per heavy atom. The smallest absolute Gasteiger partial charge is 0.330 e. The van der Waals surface area contributed by atoms with Crippen LogP contribution in [0.2, 0.25) is 0 Å². The van der Waals surface area contributed by atoms with Crippen LogP contribution in [0, 0.1) is 10.1 Å². The molecule has 1 aliphatic heterocycles. The fourth-order valence-electron chi connectivity index (χ4n) is 2.26. The third kappa shape index (κ3) is 2.10. The monoisotopic (exact) mass is 240 g/mol. The van der Waals surface area contributed by atoms with Crippen LogP contribution in [0.1, 0.15) is 19.8 Å². The van der Waals surface area contributed by atoms with Crippen molar-refractivity contribution in [1.29, 1.82) is 0 Å². The van der Waals surface area contributed by atoms with Gasteiger partial charge in [-0.15, -0.1) is 5.10 Å². The van der Waals surface area contributed by atoms with Crippen molar-refractivity contribution in [1.82, 2.24) is 9.78 Å². The van der Waals surface area contributed by atoms with Gasteiger partial charge in [-0.1, -0.05) is 13.3 Å². The topological polar surface area (TPSA) is 84.4 Å². The van der Waals surface area contributed by atoms with Gasteiger partial charge >= 0.3 is 5.69 Å². The van der Waals surface area contributed by atoms with Crippen LogP contribution >= 0.6 is 0 Å². The normalized spacial score (nSPS) is 17.9. The summed E-state index contributed by atoms with van der Waals surface area (Å²) in [6, 6.07) is 0. The van der Waals surface area contributed by atoms with Crippen LogP contribution in [0.15, 0.2) is 6.20 Å². The highest BCUT2D eigenvalue weighted by Gasteiger charge is 2.43. The van der Waals surface area contributed by atoms with Gasteiger partial charge in [0.05, 0.1) is 23.6 Å². The molecule has 17 heavy (non-hydrogen) atoms. The second-order valence-corrected chi connectivity index (χ2v) is 4.60. The predicted octanol–water partition coefficient (Wildman–Crippen LogP) is 0.679. The van der Waals surface area contributed by atoms with E-state index in [-0.39, 0.29) is 5.69 Å². The summed E-state index contributed by atoms with van der Waals surface area (Å²) in [6.45, 7) is 2.83. The molecule has 1 aromatic rings. The fourth-order valence-corrected chi connectivity index (χ4v) is 2.26. The van der Waals surface area contributed by atoms with E-state index in [2.05, 4.69) is 5.10 Å². The molecule has 0 radical (unpaired) electrons. The quantitative estimate of drug-likeness (QED) is 0.618. The van der Waals surface area contributed by atoms with Crippen molar-refractivity contribution >= 4 is 11.5 Å². The average Bonchev–Trinajstić information content (AvgIpc) is 2.56. The van der Waals surface area contributed by atoms with Crippen LogP contribution in [-0.2, 0) is 7.05 Å². The van der Waals surface area contributed by atoms with Crippen LogP contribution in [-0.4, -0.2) is 38.5 Å². The molecule has 0 aliphatic carbocycles. The highest BCUT2D eigenvalue weighted by molar-refractivity contribution is 5.59. The van der Waals surface area contributed by atoms with Crippen LogP contribution in [0.25, 0.3) is 0 Å². The minimum atomic E-state index is -0.708. The van der Waals surface area contributed by atoms with E-state index < -0.39 is 10.5 Å². The van der Waals surface area contributed by atoms with Gasteiger partial charge in [0.15, 0.2) is 0 Å². The van der Waals surface area contributed by atoms with E-state index in [1.54, 1.807) is 11.9 Å². The van der Waals surface area contributed by atoms with Gasteiger partial charge in [0.25, 0.3) is 0 Å². The Balaban J connectivity index is 2.13. The molecule has 1 aromatic heterocycles. The molecular formula is C10H16N4O3. The molecule has 1 aliphatic rings. The minimum Gasteiger partial charge on any atom is -0.386 e. The zero-order valence-electron chi connectivity index (χ0n) is 9.96. The Hall–Kier alpha value is -1.63. The number of hydrogen-bond donors (Lipinski definition) is 1. The lowest BCUT2D eigenvalue weighted by molar-refractivity contribution is -0.384. The first-order valence-corrected chi connectivity index (χ1v) is 5.60. The molecule has 0 atom stereocenters. The summed E-state index contributed by atoms with van der Waals surface area (Å²) in [5, 5.41) is 24.9. The first kappa shape index (κ1) is 11.8. The largest absolute Gasteiger partial charge is 0.386 e. The summed E-state index contributed by atoms with van der Waals surface area (Å²) in [6.07, 6.45) is 2.99. The maximum atomic E-state index is 10.8. The first-order chi connectivity index (χ1) is 7.95. The van der Waals surface area contributed by atoms with Gasteiger partial charge in [-0.25, -0.2) is 0 Å². The van der Waals surface area contributed by atoms with Crippen molar-refractivity contribution in [3.05, 3.63) is 16.3 Å². The molecule has 2 rings (SSSR count). The number of rotatable bonds is 4. The molecule has 7 heteroatoms. The molecule has 0 amide bonds. The van der Waals surface area contributed by atoms with Crippen molar-refractivity contribution in [2.24, 2.45) is 7.05 Å². The Morgan fingerprint density at radius 2 is 2.29 bits per heavy atom. The Labute approximate surface area is 98.8 Å². The summed E-state index contributed by atoms with van der Waals surface area (Å²) in [5.41, 5.74) is -0.716. The van der Waals surface area contributed by atoms with Gasteiger partial charge in [0.1, 0.15) is 6.20 Å². The Morgan fingerprint density at radius 1 is 1.65 bits per heavy atom. The lowest BCUT2D eigenvalue weighted by Gasteiger charge is -2.46. The van der Waals surface area contributed by atoms with Crippen molar-refractivity contribution in [2.75, 3.05) is 18.0 Å². The van der Waals surface area contributed by atoms with Crippen LogP contribution in [0.5, 0.6) is 0 Å². The van der Waals surface area contributed by atoms with Crippen molar-refractivity contribution in [3.8, 4) is 0 Å². The summed E-state index contributed by atoms with van der Waals surface area (Å²) in [7, 11) is 1.65. The van der Waals surface area contributed by atoms with Gasteiger partial charge in [0, 0.05) is 7.05 Å². The van der Waals surface area contributed by atoms with E-state index >= 15 is 0 Å². The molecule has 1 N–H and O–H groups in total. The molecule has 2 heterocycles. The Bertz CT molecular complexity index is 437. The van der Waals surface area contributed by atoms with E-state index in [9.17, 15) is 15.2 Å². The zero-order valence-corrected chi connectivity index (χ0v) is 9.96.